The Morgan fingerprint density at radius 1 is 1.40 bits per heavy atom. The third-order valence-electron chi connectivity index (χ3n) is 1.65. The Balaban J connectivity index is 3.66. The molecule has 0 saturated heterocycles. The summed E-state index contributed by atoms with van der Waals surface area (Å²) in [6, 6.07) is 0. The predicted octanol–water partition coefficient (Wildman–Crippen LogP) is 0.184. The molecule has 0 aliphatic heterocycles. The molecule has 0 aromatic carbocycles. The minimum Gasteiger partial charge on any atom is -0.481 e. The Morgan fingerprint density at radius 3 is 2.60 bits per heavy atom. The first-order valence-corrected chi connectivity index (χ1v) is 6.26. The summed E-state index contributed by atoms with van der Waals surface area (Å²) in [4.78, 5) is 10.1. The molecule has 0 unspecified atom stereocenters. The van der Waals surface area contributed by atoms with E-state index in [1.807, 2.05) is 0 Å². The van der Waals surface area contributed by atoms with Gasteiger partial charge < -0.3 is 5.11 Å². The van der Waals surface area contributed by atoms with Crippen LogP contribution in [0.2, 0.25) is 0 Å². The molecule has 6 heteroatoms. The molecule has 5 nitrogen and oxygen atoms in total. The Kier molecular flexibility index (Phi) is 6.75. The number of carboxylic acids is 1. The second-order valence-corrected chi connectivity index (χ2v) is 4.94. The van der Waals surface area contributed by atoms with Crippen molar-refractivity contribution < 1.29 is 18.3 Å². The number of unbranched alkanes of at least 4 members (excludes halogenated alkanes) is 2. The maximum absolute atomic E-state index is 11.2. The minimum atomic E-state index is -3.45. The van der Waals surface area contributed by atoms with Crippen molar-refractivity contribution in [2.75, 3.05) is 12.3 Å². The van der Waals surface area contributed by atoms with Crippen LogP contribution < -0.4 is 4.72 Å². The zero-order chi connectivity index (χ0) is 11.7. The topological polar surface area (TPSA) is 83.5 Å². The largest absolute Gasteiger partial charge is 0.481 e. The normalized spacial score (nSPS) is 10.9. The van der Waals surface area contributed by atoms with E-state index in [0.29, 0.717) is 19.4 Å². The lowest BCUT2D eigenvalue weighted by atomic mass is 10.2. The molecule has 0 aliphatic carbocycles. The van der Waals surface area contributed by atoms with Crippen molar-refractivity contribution in [3.8, 4) is 12.3 Å². The summed E-state index contributed by atoms with van der Waals surface area (Å²) in [5.74, 6) is 0.955. The first-order chi connectivity index (χ1) is 6.98. The summed E-state index contributed by atoms with van der Waals surface area (Å²) < 4.78 is 24.6. The number of terminal acetylenes is 1. The number of aliphatic carboxylic acids is 1. The molecule has 0 atom stereocenters. The SMILES string of the molecule is C#CCCCCNS(=O)(=O)CCC(=O)O. The molecule has 2 N–H and O–H groups in total. The van der Waals surface area contributed by atoms with Crippen LogP contribution in [-0.4, -0.2) is 31.8 Å². The second-order valence-electron chi connectivity index (χ2n) is 3.02. The minimum absolute atomic E-state index is 0.309. The van der Waals surface area contributed by atoms with Crippen LogP contribution in [0.25, 0.3) is 0 Å². The molecule has 0 aliphatic rings. The molecule has 0 aromatic heterocycles. The van der Waals surface area contributed by atoms with Crippen molar-refractivity contribution in [3.63, 3.8) is 0 Å². The van der Waals surface area contributed by atoms with Gasteiger partial charge in [-0.05, 0) is 12.8 Å². The van der Waals surface area contributed by atoms with E-state index >= 15 is 0 Å². The highest BCUT2D eigenvalue weighted by atomic mass is 32.2. The zero-order valence-electron chi connectivity index (χ0n) is 8.40. The number of carboxylic acid groups (broad SMARTS) is 1. The van der Waals surface area contributed by atoms with E-state index in [-0.39, 0.29) is 12.2 Å². The molecular weight excluding hydrogens is 218 g/mol. The third-order valence-corrected chi connectivity index (χ3v) is 3.04. The van der Waals surface area contributed by atoms with Crippen molar-refractivity contribution in [1.82, 2.24) is 4.72 Å². The summed E-state index contributed by atoms with van der Waals surface area (Å²) >= 11 is 0. The average molecular weight is 233 g/mol. The Bertz CT molecular complexity index is 329. The van der Waals surface area contributed by atoms with E-state index in [4.69, 9.17) is 11.5 Å². The van der Waals surface area contributed by atoms with Gasteiger partial charge in [0.25, 0.3) is 0 Å². The van der Waals surface area contributed by atoms with Crippen LogP contribution in [0.15, 0.2) is 0 Å². The van der Waals surface area contributed by atoms with Crippen LogP contribution >= 0.6 is 0 Å². The standard InChI is InChI=1S/C9H15NO4S/c1-2-3-4-5-7-10-15(13,14)8-6-9(11)12/h1,10H,3-8H2,(H,11,12). The Hall–Kier alpha value is -1.06. The highest BCUT2D eigenvalue weighted by Crippen LogP contribution is 1.94. The van der Waals surface area contributed by atoms with Crippen molar-refractivity contribution in [2.24, 2.45) is 0 Å². The summed E-state index contributed by atoms with van der Waals surface area (Å²) in [6.07, 6.45) is 6.70. The number of rotatable bonds is 8. The van der Waals surface area contributed by atoms with Gasteiger partial charge in [-0.15, -0.1) is 12.3 Å². The van der Waals surface area contributed by atoms with E-state index in [1.165, 1.54) is 0 Å². The van der Waals surface area contributed by atoms with Crippen LogP contribution in [0.5, 0.6) is 0 Å². The molecule has 0 radical (unpaired) electrons. The first kappa shape index (κ1) is 13.9. The fourth-order valence-corrected chi connectivity index (χ4v) is 1.92. The predicted molar refractivity (Wildman–Crippen MR) is 56.7 cm³/mol. The van der Waals surface area contributed by atoms with E-state index in [0.717, 1.165) is 6.42 Å². The van der Waals surface area contributed by atoms with Gasteiger partial charge in [-0.25, -0.2) is 13.1 Å². The lowest BCUT2D eigenvalue weighted by Crippen LogP contribution is -2.28. The van der Waals surface area contributed by atoms with Gasteiger partial charge in [-0.1, -0.05) is 0 Å². The molecule has 0 saturated carbocycles. The molecule has 0 aromatic rings. The Morgan fingerprint density at radius 2 is 2.07 bits per heavy atom. The van der Waals surface area contributed by atoms with Crippen LogP contribution in [0, 0.1) is 12.3 Å². The number of hydrogen-bond acceptors (Lipinski definition) is 3. The van der Waals surface area contributed by atoms with E-state index in [9.17, 15) is 13.2 Å². The summed E-state index contributed by atoms with van der Waals surface area (Å²) in [6.45, 7) is 0.309. The van der Waals surface area contributed by atoms with Gasteiger partial charge in [0.05, 0.1) is 12.2 Å². The number of nitrogens with one attached hydrogen (secondary N) is 1. The molecule has 0 rings (SSSR count). The lowest BCUT2D eigenvalue weighted by molar-refractivity contribution is -0.136. The average Bonchev–Trinajstić information content (AvgIpc) is 2.15. The molecule has 0 spiro atoms. The van der Waals surface area contributed by atoms with Crippen molar-refractivity contribution in [3.05, 3.63) is 0 Å². The van der Waals surface area contributed by atoms with Gasteiger partial charge in [0.15, 0.2) is 0 Å². The van der Waals surface area contributed by atoms with Crippen molar-refractivity contribution in [1.29, 1.82) is 0 Å². The third kappa shape index (κ3) is 9.25. The van der Waals surface area contributed by atoms with Gasteiger partial charge in [-0.2, -0.15) is 0 Å². The number of sulfonamides is 1. The van der Waals surface area contributed by atoms with Gasteiger partial charge in [0.2, 0.25) is 10.0 Å². The zero-order valence-corrected chi connectivity index (χ0v) is 9.22. The molecule has 86 valence electrons. The second kappa shape index (κ2) is 7.26. The van der Waals surface area contributed by atoms with Gasteiger partial charge in [0.1, 0.15) is 0 Å². The smallest absolute Gasteiger partial charge is 0.304 e. The highest BCUT2D eigenvalue weighted by molar-refractivity contribution is 7.89. The summed E-state index contributed by atoms with van der Waals surface area (Å²) in [5, 5.41) is 8.30. The van der Waals surface area contributed by atoms with Crippen molar-refractivity contribution >= 4 is 16.0 Å². The monoisotopic (exact) mass is 233 g/mol. The molecule has 0 fully saturated rings. The van der Waals surface area contributed by atoms with Crippen LogP contribution in [0.3, 0.4) is 0 Å². The van der Waals surface area contributed by atoms with E-state index < -0.39 is 16.0 Å². The van der Waals surface area contributed by atoms with Crippen molar-refractivity contribution in [2.45, 2.75) is 25.7 Å². The molecule has 0 heterocycles. The lowest BCUT2D eigenvalue weighted by Gasteiger charge is -2.04. The molecule has 0 bridgehead atoms. The highest BCUT2D eigenvalue weighted by Gasteiger charge is 2.11. The maximum Gasteiger partial charge on any atom is 0.304 e. The summed E-state index contributed by atoms with van der Waals surface area (Å²) in [5.41, 5.74) is 0. The quantitative estimate of drug-likeness (QED) is 0.463. The Labute approximate surface area is 89.9 Å². The molecule has 0 amide bonds. The maximum atomic E-state index is 11.2. The first-order valence-electron chi connectivity index (χ1n) is 4.60. The van der Waals surface area contributed by atoms with E-state index in [2.05, 4.69) is 10.6 Å². The van der Waals surface area contributed by atoms with Crippen LogP contribution in [0.4, 0.5) is 0 Å². The van der Waals surface area contributed by atoms with E-state index in [1.54, 1.807) is 0 Å². The molecular formula is C9H15NO4S. The van der Waals surface area contributed by atoms with Gasteiger partial charge >= 0.3 is 5.97 Å². The van der Waals surface area contributed by atoms with Crippen LogP contribution in [0.1, 0.15) is 25.7 Å². The number of carbonyl (C=O) groups is 1. The van der Waals surface area contributed by atoms with Gasteiger partial charge in [-0.3, -0.25) is 4.79 Å². The summed E-state index contributed by atoms with van der Waals surface area (Å²) in [7, 11) is -3.45. The molecule has 15 heavy (non-hydrogen) atoms. The van der Waals surface area contributed by atoms with Gasteiger partial charge in [0, 0.05) is 13.0 Å². The fourth-order valence-electron chi connectivity index (χ4n) is 0.874. The van der Waals surface area contributed by atoms with Crippen LogP contribution in [-0.2, 0) is 14.8 Å². The fraction of sp³-hybridized carbons (Fsp3) is 0.667. The number of hydrogen-bond donors (Lipinski definition) is 2.